The number of methoxy groups -OCH3 is 1. The van der Waals surface area contributed by atoms with Gasteiger partial charge in [-0.25, -0.2) is 4.79 Å². The molecule has 1 aromatic heterocycles. The van der Waals surface area contributed by atoms with Crippen LogP contribution in [0.2, 0.25) is 0 Å². The van der Waals surface area contributed by atoms with Gasteiger partial charge in [-0.15, -0.1) is 0 Å². The van der Waals surface area contributed by atoms with E-state index in [0.717, 1.165) is 32.6 Å². The van der Waals surface area contributed by atoms with E-state index < -0.39 is 5.97 Å². The fourth-order valence-electron chi connectivity index (χ4n) is 3.48. The van der Waals surface area contributed by atoms with E-state index in [9.17, 15) is 9.90 Å². The SMILES string of the molecule is CCC(CNc1noc(-c2ccc(OC)cc2)c1C(=O)O)N1CCN(C)CC1. The van der Waals surface area contributed by atoms with Crippen molar-refractivity contribution in [2.45, 2.75) is 19.4 Å². The third-order valence-corrected chi connectivity index (χ3v) is 5.29. The summed E-state index contributed by atoms with van der Waals surface area (Å²) >= 11 is 0. The molecule has 1 aliphatic rings. The number of carboxylic acids is 1. The maximum atomic E-state index is 11.9. The van der Waals surface area contributed by atoms with Crippen LogP contribution in [0.4, 0.5) is 5.82 Å². The molecule has 1 atom stereocenters. The summed E-state index contributed by atoms with van der Waals surface area (Å²) in [5.41, 5.74) is 0.697. The number of piperazine rings is 1. The average molecular weight is 388 g/mol. The molecule has 2 N–H and O–H groups in total. The Bertz CT molecular complexity index is 782. The second-order valence-corrected chi connectivity index (χ2v) is 7.05. The lowest BCUT2D eigenvalue weighted by Crippen LogP contribution is -2.50. The fraction of sp³-hybridized carbons (Fsp3) is 0.500. The molecule has 1 saturated heterocycles. The first kappa shape index (κ1) is 20.2. The van der Waals surface area contributed by atoms with Gasteiger partial charge in [0.05, 0.1) is 7.11 Å². The highest BCUT2D eigenvalue weighted by Crippen LogP contribution is 2.30. The smallest absolute Gasteiger partial charge is 0.343 e. The van der Waals surface area contributed by atoms with E-state index in [0.29, 0.717) is 23.9 Å². The number of aromatic carboxylic acids is 1. The summed E-state index contributed by atoms with van der Waals surface area (Å²) in [5, 5.41) is 16.9. The quantitative estimate of drug-likeness (QED) is 0.713. The van der Waals surface area contributed by atoms with Crippen molar-refractivity contribution in [1.82, 2.24) is 15.0 Å². The minimum absolute atomic E-state index is 0.0541. The Morgan fingerprint density at radius 3 is 2.54 bits per heavy atom. The van der Waals surface area contributed by atoms with Gasteiger partial charge in [0.2, 0.25) is 0 Å². The van der Waals surface area contributed by atoms with Crippen LogP contribution in [0, 0.1) is 0 Å². The average Bonchev–Trinajstić information content (AvgIpc) is 3.14. The Balaban J connectivity index is 1.74. The fourth-order valence-corrected chi connectivity index (χ4v) is 3.48. The Hall–Kier alpha value is -2.58. The number of anilines is 1. The van der Waals surface area contributed by atoms with Crippen LogP contribution < -0.4 is 10.1 Å². The lowest BCUT2D eigenvalue weighted by Gasteiger charge is -2.37. The molecular formula is C20H28N4O4. The number of benzene rings is 1. The molecule has 0 radical (unpaired) electrons. The zero-order chi connectivity index (χ0) is 20.1. The number of ether oxygens (including phenoxy) is 1. The third-order valence-electron chi connectivity index (χ3n) is 5.29. The number of rotatable bonds is 8. The summed E-state index contributed by atoms with van der Waals surface area (Å²) in [5.74, 6) is 0.134. The molecule has 3 rings (SSSR count). The van der Waals surface area contributed by atoms with E-state index in [2.05, 4.69) is 34.2 Å². The van der Waals surface area contributed by atoms with Gasteiger partial charge in [0, 0.05) is 44.3 Å². The van der Waals surface area contributed by atoms with Gasteiger partial charge in [0.15, 0.2) is 17.1 Å². The van der Waals surface area contributed by atoms with Gasteiger partial charge >= 0.3 is 5.97 Å². The molecular weight excluding hydrogens is 360 g/mol. The van der Waals surface area contributed by atoms with E-state index in [-0.39, 0.29) is 17.1 Å². The third kappa shape index (κ3) is 4.45. The summed E-state index contributed by atoms with van der Waals surface area (Å²) in [6, 6.07) is 7.36. The van der Waals surface area contributed by atoms with Crippen LogP contribution in [-0.4, -0.2) is 79.0 Å². The molecule has 152 valence electrons. The zero-order valence-electron chi connectivity index (χ0n) is 16.6. The number of nitrogens with one attached hydrogen (secondary N) is 1. The van der Waals surface area contributed by atoms with Gasteiger partial charge < -0.3 is 24.6 Å². The highest BCUT2D eigenvalue weighted by Gasteiger charge is 2.26. The van der Waals surface area contributed by atoms with Crippen molar-refractivity contribution >= 4 is 11.8 Å². The molecule has 1 fully saturated rings. The molecule has 1 aliphatic heterocycles. The highest BCUT2D eigenvalue weighted by atomic mass is 16.5. The molecule has 2 heterocycles. The van der Waals surface area contributed by atoms with Crippen LogP contribution >= 0.6 is 0 Å². The number of hydrogen-bond acceptors (Lipinski definition) is 7. The van der Waals surface area contributed by atoms with E-state index in [4.69, 9.17) is 9.26 Å². The number of carbonyl (C=O) groups is 1. The zero-order valence-corrected chi connectivity index (χ0v) is 16.6. The second-order valence-electron chi connectivity index (χ2n) is 7.05. The first-order valence-corrected chi connectivity index (χ1v) is 9.57. The predicted molar refractivity (Wildman–Crippen MR) is 107 cm³/mol. The maximum Gasteiger partial charge on any atom is 0.343 e. The molecule has 28 heavy (non-hydrogen) atoms. The molecule has 0 aliphatic carbocycles. The minimum atomic E-state index is -1.07. The second kappa shape index (κ2) is 9.07. The monoisotopic (exact) mass is 388 g/mol. The van der Waals surface area contributed by atoms with E-state index in [1.807, 2.05) is 0 Å². The summed E-state index contributed by atoms with van der Waals surface area (Å²) in [7, 11) is 3.71. The summed E-state index contributed by atoms with van der Waals surface area (Å²) in [4.78, 5) is 16.6. The van der Waals surface area contributed by atoms with Crippen molar-refractivity contribution in [2.24, 2.45) is 0 Å². The van der Waals surface area contributed by atoms with Crippen LogP contribution in [0.5, 0.6) is 5.75 Å². The van der Waals surface area contributed by atoms with Crippen LogP contribution in [0.15, 0.2) is 28.8 Å². The van der Waals surface area contributed by atoms with Crippen LogP contribution in [0.3, 0.4) is 0 Å². The summed E-state index contributed by atoms with van der Waals surface area (Å²) < 4.78 is 10.5. The number of nitrogens with zero attached hydrogens (tertiary/aromatic N) is 3. The van der Waals surface area contributed by atoms with Crippen molar-refractivity contribution in [3.8, 4) is 17.1 Å². The molecule has 8 heteroatoms. The first-order valence-electron chi connectivity index (χ1n) is 9.57. The topological polar surface area (TPSA) is 91.1 Å². The van der Waals surface area contributed by atoms with Gasteiger partial charge in [-0.2, -0.15) is 0 Å². The van der Waals surface area contributed by atoms with Gasteiger partial charge in [0.25, 0.3) is 0 Å². The van der Waals surface area contributed by atoms with E-state index >= 15 is 0 Å². The van der Waals surface area contributed by atoms with Gasteiger partial charge in [-0.3, -0.25) is 4.90 Å². The normalized spacial score (nSPS) is 16.7. The molecule has 8 nitrogen and oxygen atoms in total. The maximum absolute atomic E-state index is 11.9. The van der Waals surface area contributed by atoms with Crippen LogP contribution in [0.25, 0.3) is 11.3 Å². The van der Waals surface area contributed by atoms with Crippen molar-refractivity contribution in [1.29, 1.82) is 0 Å². The molecule has 1 aromatic carbocycles. The minimum Gasteiger partial charge on any atom is -0.497 e. The first-order chi connectivity index (χ1) is 13.5. The lowest BCUT2D eigenvalue weighted by molar-refractivity contribution is 0.0698. The van der Waals surface area contributed by atoms with Crippen molar-refractivity contribution in [3.05, 3.63) is 29.8 Å². The summed E-state index contributed by atoms with van der Waals surface area (Å²) in [6.45, 7) is 6.88. The molecule has 1 unspecified atom stereocenters. The Morgan fingerprint density at radius 1 is 1.29 bits per heavy atom. The number of hydrogen-bond donors (Lipinski definition) is 2. The lowest BCUT2D eigenvalue weighted by atomic mass is 10.1. The molecule has 0 spiro atoms. The van der Waals surface area contributed by atoms with E-state index in [1.54, 1.807) is 31.4 Å². The van der Waals surface area contributed by atoms with Gasteiger partial charge in [0.1, 0.15) is 5.75 Å². The number of carboxylic acid groups (broad SMARTS) is 1. The number of likely N-dealkylation sites (N-methyl/N-ethyl adjacent to an activating group) is 1. The molecule has 0 bridgehead atoms. The Labute approximate surface area is 165 Å². The van der Waals surface area contributed by atoms with Gasteiger partial charge in [-0.1, -0.05) is 12.1 Å². The molecule has 2 aromatic rings. The molecule has 0 amide bonds. The van der Waals surface area contributed by atoms with Crippen molar-refractivity contribution in [2.75, 3.05) is 52.2 Å². The van der Waals surface area contributed by atoms with Crippen LogP contribution in [-0.2, 0) is 0 Å². The number of aromatic nitrogens is 1. The van der Waals surface area contributed by atoms with Crippen LogP contribution in [0.1, 0.15) is 23.7 Å². The standard InChI is InChI=1S/C20H28N4O4/c1-4-15(24-11-9-23(2)10-12-24)13-21-19-17(20(25)26)18(28-22-19)14-5-7-16(27-3)8-6-14/h5-8,15H,4,9-13H2,1-3H3,(H,21,22)(H,25,26). The van der Waals surface area contributed by atoms with E-state index in [1.165, 1.54) is 0 Å². The highest BCUT2D eigenvalue weighted by molar-refractivity contribution is 5.99. The van der Waals surface area contributed by atoms with Crippen molar-refractivity contribution in [3.63, 3.8) is 0 Å². The van der Waals surface area contributed by atoms with Gasteiger partial charge in [-0.05, 0) is 37.7 Å². The summed E-state index contributed by atoms with van der Waals surface area (Å²) in [6.07, 6.45) is 0.975. The Morgan fingerprint density at radius 2 is 1.96 bits per heavy atom. The Kier molecular flexibility index (Phi) is 6.53. The predicted octanol–water partition coefficient (Wildman–Crippen LogP) is 2.49. The molecule has 0 saturated carbocycles. The van der Waals surface area contributed by atoms with Crippen molar-refractivity contribution < 1.29 is 19.2 Å². The largest absolute Gasteiger partial charge is 0.497 e.